The number of nitrogens with zero attached hydrogens (tertiary/aromatic N) is 1. The molecule has 1 aromatic rings. The highest BCUT2D eigenvalue weighted by Crippen LogP contribution is 2.20. The van der Waals surface area contributed by atoms with E-state index in [1.54, 1.807) is 13.1 Å². The molecule has 0 aliphatic rings. The average molecular weight is 171 g/mol. The maximum atomic E-state index is 10.8. The quantitative estimate of drug-likeness (QED) is 0.650. The van der Waals surface area contributed by atoms with Gasteiger partial charge in [0.25, 0.3) is 5.22 Å². The minimum absolute atomic E-state index is 0.0753. The number of hydrogen-bond acceptors (Lipinski definition) is 4. The van der Waals surface area contributed by atoms with E-state index in [2.05, 4.69) is 4.98 Å². The van der Waals surface area contributed by atoms with Gasteiger partial charge in [0.15, 0.2) is 0 Å². The van der Waals surface area contributed by atoms with Crippen LogP contribution < -0.4 is 0 Å². The van der Waals surface area contributed by atoms with E-state index >= 15 is 0 Å². The molecule has 0 aromatic carbocycles. The van der Waals surface area contributed by atoms with Gasteiger partial charge in [-0.05, 0) is 13.8 Å². The Hall–Kier alpha value is -0.770. The van der Waals surface area contributed by atoms with Gasteiger partial charge < -0.3 is 4.42 Å². The SMILES string of the molecule is CC(=O)C(C)Sc1ncco1. The summed E-state index contributed by atoms with van der Waals surface area (Å²) in [6.07, 6.45) is 3.06. The smallest absolute Gasteiger partial charge is 0.256 e. The molecule has 0 saturated carbocycles. The summed E-state index contributed by atoms with van der Waals surface area (Å²) >= 11 is 1.33. The van der Waals surface area contributed by atoms with Crippen molar-refractivity contribution in [3.63, 3.8) is 0 Å². The van der Waals surface area contributed by atoms with E-state index in [1.165, 1.54) is 18.0 Å². The molecule has 0 aliphatic carbocycles. The summed E-state index contributed by atoms with van der Waals surface area (Å²) in [6, 6.07) is 0. The van der Waals surface area contributed by atoms with Crippen molar-refractivity contribution < 1.29 is 9.21 Å². The van der Waals surface area contributed by atoms with Crippen LogP contribution in [0.5, 0.6) is 0 Å². The molecule has 0 N–H and O–H groups in total. The molecule has 4 heteroatoms. The normalized spacial score (nSPS) is 12.9. The van der Waals surface area contributed by atoms with Crippen molar-refractivity contribution in [2.45, 2.75) is 24.3 Å². The molecule has 0 bridgehead atoms. The topological polar surface area (TPSA) is 43.1 Å². The summed E-state index contributed by atoms with van der Waals surface area (Å²) in [5.41, 5.74) is 0. The summed E-state index contributed by atoms with van der Waals surface area (Å²) in [6.45, 7) is 3.39. The van der Waals surface area contributed by atoms with Gasteiger partial charge in [-0.2, -0.15) is 0 Å². The van der Waals surface area contributed by atoms with E-state index in [-0.39, 0.29) is 11.0 Å². The van der Waals surface area contributed by atoms with Crippen molar-refractivity contribution in [2.24, 2.45) is 0 Å². The molecule has 3 nitrogen and oxygen atoms in total. The van der Waals surface area contributed by atoms with Gasteiger partial charge in [0.2, 0.25) is 0 Å². The van der Waals surface area contributed by atoms with E-state index in [1.807, 2.05) is 6.92 Å². The van der Waals surface area contributed by atoms with Gasteiger partial charge in [-0.25, -0.2) is 4.98 Å². The lowest BCUT2D eigenvalue weighted by Crippen LogP contribution is -2.07. The Morgan fingerprint density at radius 1 is 1.82 bits per heavy atom. The highest BCUT2D eigenvalue weighted by molar-refractivity contribution is 8.00. The zero-order valence-corrected chi connectivity index (χ0v) is 7.22. The number of Topliss-reactive ketones (excluding diaryl/α,β-unsaturated/α-hetero) is 1. The molecule has 60 valence electrons. The lowest BCUT2D eigenvalue weighted by Gasteiger charge is -2.01. The van der Waals surface area contributed by atoms with Crippen molar-refractivity contribution in [3.05, 3.63) is 12.5 Å². The molecule has 1 heterocycles. The van der Waals surface area contributed by atoms with Gasteiger partial charge in [-0.1, -0.05) is 11.8 Å². The number of thioether (sulfide) groups is 1. The van der Waals surface area contributed by atoms with Crippen molar-refractivity contribution in [1.29, 1.82) is 0 Å². The second-order valence-corrected chi connectivity index (χ2v) is 3.46. The molecule has 0 radical (unpaired) electrons. The first kappa shape index (κ1) is 8.33. The van der Waals surface area contributed by atoms with Crippen LogP contribution in [0.15, 0.2) is 22.1 Å². The minimum Gasteiger partial charge on any atom is -0.440 e. The van der Waals surface area contributed by atoms with Crippen molar-refractivity contribution in [2.75, 3.05) is 0 Å². The predicted molar refractivity (Wildman–Crippen MR) is 42.5 cm³/mol. The first-order chi connectivity index (χ1) is 5.20. The Morgan fingerprint density at radius 3 is 3.00 bits per heavy atom. The van der Waals surface area contributed by atoms with Crippen LogP contribution in [0, 0.1) is 0 Å². The van der Waals surface area contributed by atoms with Crippen molar-refractivity contribution >= 4 is 17.5 Å². The monoisotopic (exact) mass is 171 g/mol. The molecule has 0 spiro atoms. The molecule has 1 aromatic heterocycles. The highest BCUT2D eigenvalue weighted by atomic mass is 32.2. The Balaban J connectivity index is 2.50. The molecule has 1 rings (SSSR count). The zero-order chi connectivity index (χ0) is 8.27. The number of hydrogen-bond donors (Lipinski definition) is 0. The third-order valence-corrected chi connectivity index (χ3v) is 2.35. The highest BCUT2D eigenvalue weighted by Gasteiger charge is 2.11. The summed E-state index contributed by atoms with van der Waals surface area (Å²) in [7, 11) is 0. The van der Waals surface area contributed by atoms with E-state index in [0.29, 0.717) is 5.22 Å². The summed E-state index contributed by atoms with van der Waals surface area (Å²) in [4.78, 5) is 14.7. The van der Waals surface area contributed by atoms with Gasteiger partial charge in [0, 0.05) is 0 Å². The first-order valence-electron chi connectivity index (χ1n) is 3.26. The standard InChI is InChI=1S/C7H9NO2S/c1-5(9)6(2)11-7-8-3-4-10-7/h3-4,6H,1-2H3. The Labute approximate surface area is 69.2 Å². The number of carbonyl (C=O) groups is 1. The van der Waals surface area contributed by atoms with Crippen LogP contribution in [-0.4, -0.2) is 16.0 Å². The van der Waals surface area contributed by atoms with Gasteiger partial charge in [0.05, 0.1) is 11.4 Å². The molecule has 1 atom stereocenters. The number of rotatable bonds is 3. The Bertz CT molecular complexity index is 233. The predicted octanol–water partition coefficient (Wildman–Crippen LogP) is 1.74. The van der Waals surface area contributed by atoms with E-state index in [4.69, 9.17) is 4.42 Å². The molecule has 0 fully saturated rings. The second-order valence-electron chi connectivity index (χ2n) is 2.17. The largest absolute Gasteiger partial charge is 0.440 e. The summed E-state index contributed by atoms with van der Waals surface area (Å²) in [5, 5.41) is 0.473. The van der Waals surface area contributed by atoms with Gasteiger partial charge >= 0.3 is 0 Å². The first-order valence-corrected chi connectivity index (χ1v) is 4.14. The molecular weight excluding hydrogens is 162 g/mol. The van der Waals surface area contributed by atoms with Crippen LogP contribution >= 0.6 is 11.8 Å². The van der Waals surface area contributed by atoms with Gasteiger partial charge in [-0.15, -0.1) is 0 Å². The van der Waals surface area contributed by atoms with Crippen LogP contribution in [0.2, 0.25) is 0 Å². The fourth-order valence-corrected chi connectivity index (χ4v) is 1.20. The number of ketones is 1. The van der Waals surface area contributed by atoms with Crippen molar-refractivity contribution in [1.82, 2.24) is 4.98 Å². The molecule has 11 heavy (non-hydrogen) atoms. The second kappa shape index (κ2) is 3.57. The lowest BCUT2D eigenvalue weighted by molar-refractivity contribution is -0.116. The van der Waals surface area contributed by atoms with Crippen LogP contribution in [-0.2, 0) is 4.79 Å². The zero-order valence-electron chi connectivity index (χ0n) is 6.40. The fraction of sp³-hybridized carbons (Fsp3) is 0.429. The third kappa shape index (κ3) is 2.38. The Morgan fingerprint density at radius 2 is 2.55 bits per heavy atom. The summed E-state index contributed by atoms with van der Waals surface area (Å²) in [5.74, 6) is 0.133. The maximum absolute atomic E-state index is 10.8. The average Bonchev–Trinajstić information content (AvgIpc) is 2.39. The van der Waals surface area contributed by atoms with E-state index in [9.17, 15) is 4.79 Å². The fourth-order valence-electron chi connectivity index (χ4n) is 0.503. The lowest BCUT2D eigenvalue weighted by atomic mass is 10.3. The maximum Gasteiger partial charge on any atom is 0.256 e. The van der Waals surface area contributed by atoms with Gasteiger partial charge in [-0.3, -0.25) is 4.79 Å². The number of oxazole rings is 1. The molecule has 0 aliphatic heterocycles. The van der Waals surface area contributed by atoms with Gasteiger partial charge in [0.1, 0.15) is 12.0 Å². The molecule has 0 saturated heterocycles. The van der Waals surface area contributed by atoms with Crippen LogP contribution in [0.25, 0.3) is 0 Å². The van der Waals surface area contributed by atoms with E-state index < -0.39 is 0 Å². The minimum atomic E-state index is -0.0753. The van der Waals surface area contributed by atoms with Crippen LogP contribution in [0.3, 0.4) is 0 Å². The molecular formula is C7H9NO2S. The number of aromatic nitrogens is 1. The number of carbonyl (C=O) groups excluding carboxylic acids is 1. The van der Waals surface area contributed by atoms with Crippen LogP contribution in [0.1, 0.15) is 13.8 Å². The van der Waals surface area contributed by atoms with E-state index in [0.717, 1.165) is 0 Å². The van der Waals surface area contributed by atoms with Crippen LogP contribution in [0.4, 0.5) is 0 Å². The summed E-state index contributed by atoms with van der Waals surface area (Å²) < 4.78 is 4.95. The third-order valence-electron chi connectivity index (χ3n) is 1.26. The Kier molecular flexibility index (Phi) is 2.70. The van der Waals surface area contributed by atoms with Crippen molar-refractivity contribution in [3.8, 4) is 0 Å². The molecule has 1 unspecified atom stereocenters. The molecule has 0 amide bonds.